The lowest BCUT2D eigenvalue weighted by Crippen LogP contribution is -2.49. The summed E-state index contributed by atoms with van der Waals surface area (Å²) in [5, 5.41) is 10.8. The Hall–Kier alpha value is -1.51. The summed E-state index contributed by atoms with van der Waals surface area (Å²) in [6.45, 7) is 15.3. The van der Waals surface area contributed by atoms with Gasteiger partial charge in [-0.1, -0.05) is 75.7 Å². The highest BCUT2D eigenvalue weighted by Crippen LogP contribution is 2.44. The molecule has 2 atom stereocenters. The number of aliphatic hydroxyl groups excluding tert-OH is 1. The maximum absolute atomic E-state index is 13.1. The van der Waals surface area contributed by atoms with E-state index in [-0.39, 0.29) is 23.0 Å². The highest BCUT2D eigenvalue weighted by molar-refractivity contribution is 7.89. The highest BCUT2D eigenvalue weighted by atomic mass is 32.2. The Kier molecular flexibility index (Phi) is 8.87. The topological polar surface area (TPSA) is 75.6 Å². The second kappa shape index (κ2) is 10.6. The normalized spacial score (nSPS) is 15.0. The zero-order valence-electron chi connectivity index (χ0n) is 20.4. The van der Waals surface area contributed by atoms with E-state index in [0.717, 1.165) is 11.1 Å². The number of hydrogen-bond acceptors (Lipinski definition) is 4. The lowest BCUT2D eigenvalue weighted by Gasteiger charge is -2.43. The molecule has 0 aliphatic rings. The molecule has 2 aromatic rings. The van der Waals surface area contributed by atoms with Gasteiger partial charge in [0.25, 0.3) is 0 Å². The van der Waals surface area contributed by atoms with E-state index in [1.165, 1.54) is 0 Å². The molecular weight excluding hydrogens is 438 g/mol. The first-order chi connectivity index (χ1) is 14.8. The van der Waals surface area contributed by atoms with Crippen LogP contribution >= 0.6 is 0 Å². The van der Waals surface area contributed by atoms with Gasteiger partial charge >= 0.3 is 0 Å². The van der Waals surface area contributed by atoms with Crippen molar-refractivity contribution in [2.45, 2.75) is 76.2 Å². The second-order valence-corrected chi connectivity index (χ2v) is 16.3. The summed E-state index contributed by atoms with van der Waals surface area (Å²) in [6, 6.07) is 15.5. The minimum absolute atomic E-state index is 0.00538. The fraction of sp³-hybridized carbons (Fsp3) is 0.520. The molecule has 0 amide bonds. The second-order valence-electron chi connectivity index (χ2n) is 9.99. The van der Waals surface area contributed by atoms with E-state index in [4.69, 9.17) is 4.43 Å². The monoisotopic (exact) mass is 477 g/mol. The van der Waals surface area contributed by atoms with E-state index in [2.05, 4.69) is 45.5 Å². The molecule has 0 saturated heterocycles. The van der Waals surface area contributed by atoms with Gasteiger partial charge in [-0.2, -0.15) is 0 Å². The highest BCUT2D eigenvalue weighted by Gasteiger charge is 2.43. The summed E-state index contributed by atoms with van der Waals surface area (Å²) in [7, 11) is -5.91. The Balaban J connectivity index is 2.25. The molecule has 0 spiro atoms. The molecule has 2 rings (SSSR count). The third kappa shape index (κ3) is 6.75. The third-order valence-corrected chi connectivity index (χ3v) is 13.1. The summed E-state index contributed by atoms with van der Waals surface area (Å²) in [5.41, 5.74) is 1.75. The van der Waals surface area contributed by atoms with Gasteiger partial charge < -0.3 is 9.53 Å². The van der Waals surface area contributed by atoms with Crippen molar-refractivity contribution >= 4 is 18.3 Å². The summed E-state index contributed by atoms with van der Waals surface area (Å²) in [5.74, 6) is 0.432. The fourth-order valence-corrected chi connectivity index (χ4v) is 7.04. The number of aliphatic hydroxyl groups is 1. The van der Waals surface area contributed by atoms with Crippen molar-refractivity contribution in [3.8, 4) is 0 Å². The summed E-state index contributed by atoms with van der Waals surface area (Å²) < 4.78 is 35.4. The van der Waals surface area contributed by atoms with Crippen molar-refractivity contribution < 1.29 is 18.0 Å². The molecule has 0 fully saturated rings. The van der Waals surface area contributed by atoms with Gasteiger partial charge in [0.1, 0.15) is 0 Å². The van der Waals surface area contributed by atoms with Crippen LogP contribution in [0.15, 0.2) is 59.5 Å². The molecule has 32 heavy (non-hydrogen) atoms. The van der Waals surface area contributed by atoms with E-state index in [1.54, 1.807) is 24.3 Å². The van der Waals surface area contributed by atoms with Crippen molar-refractivity contribution in [1.82, 2.24) is 4.72 Å². The Morgan fingerprint density at radius 3 is 2.12 bits per heavy atom. The van der Waals surface area contributed by atoms with E-state index < -0.39 is 30.5 Å². The van der Waals surface area contributed by atoms with Crippen molar-refractivity contribution in [3.63, 3.8) is 0 Å². The first-order valence-electron chi connectivity index (χ1n) is 11.2. The summed E-state index contributed by atoms with van der Waals surface area (Å²) in [6.07, 6.45) is -0.574. The average Bonchev–Trinajstić information content (AvgIpc) is 2.72. The summed E-state index contributed by atoms with van der Waals surface area (Å²) in [4.78, 5) is 0.210. The average molecular weight is 478 g/mol. The largest absolute Gasteiger partial charge is 0.415 e. The predicted molar refractivity (Wildman–Crippen MR) is 134 cm³/mol. The maximum Gasteiger partial charge on any atom is 0.240 e. The van der Waals surface area contributed by atoms with E-state index >= 15 is 0 Å². The van der Waals surface area contributed by atoms with Crippen LogP contribution in [0.5, 0.6) is 0 Å². The van der Waals surface area contributed by atoms with E-state index in [9.17, 15) is 13.5 Å². The van der Waals surface area contributed by atoms with Gasteiger partial charge in [-0.15, -0.1) is 0 Å². The Morgan fingerprint density at radius 1 is 1.03 bits per heavy atom. The molecule has 0 bridgehead atoms. The van der Waals surface area contributed by atoms with Crippen LogP contribution in [0.3, 0.4) is 0 Å². The van der Waals surface area contributed by atoms with Crippen LogP contribution in [-0.4, -0.2) is 34.5 Å². The van der Waals surface area contributed by atoms with Gasteiger partial charge in [-0.25, -0.2) is 13.1 Å². The first-order valence-corrected chi connectivity index (χ1v) is 15.6. The smallest absolute Gasteiger partial charge is 0.240 e. The number of aryl methyl sites for hydroxylation is 1. The van der Waals surface area contributed by atoms with Crippen LogP contribution in [0.4, 0.5) is 0 Å². The summed E-state index contributed by atoms with van der Waals surface area (Å²) >= 11 is 0. The molecule has 178 valence electrons. The molecule has 2 N–H and O–H groups in total. The van der Waals surface area contributed by atoms with Crippen molar-refractivity contribution in [1.29, 1.82) is 0 Å². The Bertz CT molecular complexity index is 957. The Morgan fingerprint density at radius 2 is 1.59 bits per heavy atom. The number of hydrogen-bond donors (Lipinski definition) is 2. The number of rotatable bonds is 11. The standard InChI is InChI=1S/C25H39NO4SSi/c1-19(2)25(4,5)32(6,7)30-18-22(17-24(27)21-11-9-8-10-12-21)26-31(28,29)23-15-13-20(3)14-16-23/h8-16,19,22,24,26-27H,17-18H2,1-7H3/t22-,24?/m0/s1. The zero-order chi connectivity index (χ0) is 24.2. The molecule has 0 aromatic heterocycles. The van der Waals surface area contributed by atoms with Gasteiger partial charge in [-0.05, 0) is 55.1 Å². The molecule has 0 aliphatic heterocycles. The van der Waals surface area contributed by atoms with Gasteiger partial charge in [0.15, 0.2) is 8.32 Å². The SMILES string of the molecule is Cc1ccc(S(=O)(=O)N[C@H](CO[Si](C)(C)C(C)(C)C(C)C)CC(O)c2ccccc2)cc1. The van der Waals surface area contributed by atoms with Crippen LogP contribution in [0.25, 0.3) is 0 Å². The van der Waals surface area contributed by atoms with Crippen LogP contribution < -0.4 is 4.72 Å². The lowest BCUT2D eigenvalue weighted by atomic mass is 9.99. The minimum Gasteiger partial charge on any atom is -0.415 e. The molecule has 0 heterocycles. The molecule has 1 unspecified atom stereocenters. The van der Waals surface area contributed by atoms with Crippen molar-refractivity contribution in [2.24, 2.45) is 5.92 Å². The number of nitrogens with one attached hydrogen (secondary N) is 1. The maximum atomic E-state index is 13.1. The minimum atomic E-state index is -3.75. The Labute approximate surface area is 195 Å². The first kappa shape index (κ1) is 26.7. The van der Waals surface area contributed by atoms with E-state index in [1.807, 2.05) is 37.3 Å². The number of benzene rings is 2. The van der Waals surface area contributed by atoms with Crippen LogP contribution in [0.1, 0.15) is 51.3 Å². The fourth-order valence-electron chi connectivity index (χ4n) is 3.43. The molecular formula is C25H39NO4SSi. The van der Waals surface area contributed by atoms with Gasteiger partial charge in [-0.3, -0.25) is 0 Å². The zero-order valence-corrected chi connectivity index (χ0v) is 22.2. The van der Waals surface area contributed by atoms with Gasteiger partial charge in [0, 0.05) is 6.04 Å². The van der Waals surface area contributed by atoms with Crippen molar-refractivity contribution in [2.75, 3.05) is 6.61 Å². The molecule has 0 radical (unpaired) electrons. The molecule has 7 heteroatoms. The third-order valence-electron chi connectivity index (χ3n) is 6.99. The lowest BCUT2D eigenvalue weighted by molar-refractivity contribution is 0.136. The van der Waals surface area contributed by atoms with Crippen molar-refractivity contribution in [3.05, 3.63) is 65.7 Å². The molecule has 2 aromatic carbocycles. The van der Waals surface area contributed by atoms with Gasteiger partial charge in [0.05, 0.1) is 17.6 Å². The van der Waals surface area contributed by atoms with E-state index in [0.29, 0.717) is 5.92 Å². The van der Waals surface area contributed by atoms with Crippen LogP contribution in [-0.2, 0) is 14.4 Å². The van der Waals surface area contributed by atoms with Gasteiger partial charge in [0.2, 0.25) is 10.0 Å². The van der Waals surface area contributed by atoms with Crippen LogP contribution in [0.2, 0.25) is 18.1 Å². The molecule has 0 saturated carbocycles. The number of sulfonamides is 1. The molecule has 0 aliphatic carbocycles. The van der Waals surface area contributed by atoms with Crippen LogP contribution in [0, 0.1) is 12.8 Å². The predicted octanol–water partition coefficient (Wildman–Crippen LogP) is 5.42. The quantitative estimate of drug-likeness (QED) is 0.424. The molecule has 5 nitrogen and oxygen atoms in total.